The minimum atomic E-state index is 0.646. The number of rotatable bonds is 0. The van der Waals surface area contributed by atoms with Crippen LogP contribution in [0.5, 0.6) is 0 Å². The van der Waals surface area contributed by atoms with Gasteiger partial charge in [-0.1, -0.05) is 24.3 Å². The van der Waals surface area contributed by atoms with Gasteiger partial charge in [-0.25, -0.2) is 0 Å². The van der Waals surface area contributed by atoms with Crippen LogP contribution in [0.15, 0.2) is 24.3 Å². The third-order valence-electron chi connectivity index (χ3n) is 0.996. The molecule has 1 aromatic rings. The first-order valence-corrected chi connectivity index (χ1v) is 2.40. The number of benzene rings is 1. The minimum absolute atomic E-state index is 0.646. The molecule has 4 radical (unpaired) electrons. The van der Waals surface area contributed by atoms with Gasteiger partial charge in [0.15, 0.2) is 0 Å². The highest BCUT2D eigenvalue weighted by molar-refractivity contribution is 6.48. The molecule has 1 rings (SSSR count). The molecule has 8 heavy (non-hydrogen) atoms. The average Bonchev–Trinajstić information content (AvgIpc) is 1.77. The fourth-order valence-electron chi connectivity index (χ4n) is 0.511. The normalized spacial score (nSPS) is 9.00. The molecule has 0 heterocycles. The molecular weight excluding hydrogens is 93.7 g/mol. The standard InChI is InChI=1S/C6H4B2/c7-5-3-1-2-4-6(5)8/h1-4H. The molecule has 2 heteroatoms. The minimum Gasteiger partial charge on any atom is -0.104 e. The molecule has 0 unspecified atom stereocenters. The van der Waals surface area contributed by atoms with Gasteiger partial charge in [0.1, 0.15) is 15.7 Å². The first-order valence-electron chi connectivity index (χ1n) is 2.40. The van der Waals surface area contributed by atoms with Gasteiger partial charge >= 0.3 is 0 Å². The van der Waals surface area contributed by atoms with E-state index in [0.29, 0.717) is 10.9 Å². The van der Waals surface area contributed by atoms with Crippen LogP contribution in [0.1, 0.15) is 0 Å². The van der Waals surface area contributed by atoms with Crippen molar-refractivity contribution < 1.29 is 0 Å². The third-order valence-corrected chi connectivity index (χ3v) is 0.996. The molecule has 0 aliphatic heterocycles. The first-order chi connectivity index (χ1) is 3.80. The average molecular weight is 97.7 g/mol. The summed E-state index contributed by atoms with van der Waals surface area (Å²) in [7, 11) is 10.8. The Morgan fingerprint density at radius 3 is 1.50 bits per heavy atom. The summed E-state index contributed by atoms with van der Waals surface area (Å²) in [6.07, 6.45) is 0. The molecule has 0 fully saturated rings. The topological polar surface area (TPSA) is 0 Å². The second-order valence-electron chi connectivity index (χ2n) is 1.63. The van der Waals surface area contributed by atoms with Crippen LogP contribution in [0.25, 0.3) is 0 Å². The zero-order valence-electron chi connectivity index (χ0n) is 4.46. The van der Waals surface area contributed by atoms with Crippen molar-refractivity contribution in [3.8, 4) is 0 Å². The molecule has 34 valence electrons. The summed E-state index contributed by atoms with van der Waals surface area (Å²) in [6.45, 7) is 0. The summed E-state index contributed by atoms with van der Waals surface area (Å²) in [5, 5.41) is 0. The SMILES string of the molecule is [B]c1ccccc1[B]. The predicted octanol–water partition coefficient (Wildman–Crippen LogP) is -0.726. The van der Waals surface area contributed by atoms with E-state index in [1.807, 2.05) is 12.1 Å². The van der Waals surface area contributed by atoms with Gasteiger partial charge in [0.2, 0.25) is 0 Å². The van der Waals surface area contributed by atoms with E-state index in [1.165, 1.54) is 0 Å². The van der Waals surface area contributed by atoms with Gasteiger partial charge in [0, 0.05) is 0 Å². The Balaban J connectivity index is 3.13. The van der Waals surface area contributed by atoms with E-state index in [9.17, 15) is 0 Å². The second-order valence-corrected chi connectivity index (χ2v) is 1.63. The maximum atomic E-state index is 5.39. The van der Waals surface area contributed by atoms with Crippen LogP contribution in [-0.4, -0.2) is 15.7 Å². The quantitative estimate of drug-likeness (QED) is 0.375. The Morgan fingerprint density at radius 2 is 1.25 bits per heavy atom. The van der Waals surface area contributed by atoms with Gasteiger partial charge in [-0.2, -0.15) is 0 Å². The zero-order valence-corrected chi connectivity index (χ0v) is 4.46. The molecule has 0 bridgehead atoms. The van der Waals surface area contributed by atoms with E-state index in [0.717, 1.165) is 0 Å². The van der Waals surface area contributed by atoms with Gasteiger partial charge in [-0.05, 0) is 0 Å². The van der Waals surface area contributed by atoms with Crippen LogP contribution in [-0.2, 0) is 0 Å². The molecule has 0 aliphatic carbocycles. The summed E-state index contributed by atoms with van der Waals surface area (Å²) < 4.78 is 0. The maximum Gasteiger partial charge on any atom is 0.112 e. The Bertz CT molecular complexity index is 163. The van der Waals surface area contributed by atoms with E-state index in [4.69, 9.17) is 15.7 Å². The predicted molar refractivity (Wildman–Crippen MR) is 37.2 cm³/mol. The van der Waals surface area contributed by atoms with Crippen LogP contribution in [0.3, 0.4) is 0 Å². The Morgan fingerprint density at radius 1 is 0.875 bits per heavy atom. The lowest BCUT2D eigenvalue weighted by Crippen LogP contribution is -2.24. The van der Waals surface area contributed by atoms with E-state index >= 15 is 0 Å². The highest BCUT2D eigenvalue weighted by Crippen LogP contribution is 1.73. The van der Waals surface area contributed by atoms with Gasteiger partial charge < -0.3 is 0 Å². The lowest BCUT2D eigenvalue weighted by molar-refractivity contribution is 1.83. The number of hydrogen-bond donors (Lipinski definition) is 0. The van der Waals surface area contributed by atoms with E-state index in [2.05, 4.69) is 0 Å². The Kier molecular flexibility index (Phi) is 1.43. The third kappa shape index (κ3) is 0.945. The van der Waals surface area contributed by atoms with Crippen LogP contribution in [0.2, 0.25) is 0 Å². The Labute approximate surface area is 51.7 Å². The van der Waals surface area contributed by atoms with Crippen LogP contribution in [0, 0.1) is 0 Å². The van der Waals surface area contributed by atoms with Gasteiger partial charge in [0.25, 0.3) is 0 Å². The summed E-state index contributed by atoms with van der Waals surface area (Å²) in [4.78, 5) is 0. The summed E-state index contributed by atoms with van der Waals surface area (Å²) >= 11 is 0. The lowest BCUT2D eigenvalue weighted by atomic mass is 9.81. The molecule has 0 atom stereocenters. The molecule has 0 aliphatic rings. The molecule has 0 amide bonds. The first kappa shape index (κ1) is 5.49. The summed E-state index contributed by atoms with van der Waals surface area (Å²) in [6, 6.07) is 7.25. The van der Waals surface area contributed by atoms with E-state index in [1.54, 1.807) is 12.1 Å². The van der Waals surface area contributed by atoms with Gasteiger partial charge in [0.05, 0.1) is 0 Å². The fraction of sp³-hybridized carbons (Fsp3) is 0. The molecule has 0 saturated heterocycles. The van der Waals surface area contributed by atoms with Crippen molar-refractivity contribution in [2.45, 2.75) is 0 Å². The zero-order chi connectivity index (χ0) is 5.98. The fourth-order valence-corrected chi connectivity index (χ4v) is 0.511. The number of hydrogen-bond acceptors (Lipinski definition) is 0. The lowest BCUT2D eigenvalue weighted by Gasteiger charge is -1.94. The molecule has 0 N–H and O–H groups in total. The van der Waals surface area contributed by atoms with Crippen LogP contribution in [0.4, 0.5) is 0 Å². The molecule has 0 nitrogen and oxygen atoms in total. The summed E-state index contributed by atoms with van der Waals surface area (Å²) in [5.41, 5.74) is 1.29. The van der Waals surface area contributed by atoms with Crippen molar-refractivity contribution in [3.63, 3.8) is 0 Å². The smallest absolute Gasteiger partial charge is 0.104 e. The molecule has 0 spiro atoms. The molecule has 0 saturated carbocycles. The monoisotopic (exact) mass is 98.0 g/mol. The van der Waals surface area contributed by atoms with Crippen molar-refractivity contribution in [1.29, 1.82) is 0 Å². The van der Waals surface area contributed by atoms with E-state index < -0.39 is 0 Å². The van der Waals surface area contributed by atoms with Crippen molar-refractivity contribution in [2.24, 2.45) is 0 Å². The molecule has 1 aromatic carbocycles. The van der Waals surface area contributed by atoms with Crippen LogP contribution < -0.4 is 10.9 Å². The van der Waals surface area contributed by atoms with Gasteiger partial charge in [-0.15, -0.1) is 10.9 Å². The van der Waals surface area contributed by atoms with Crippen molar-refractivity contribution in [3.05, 3.63) is 24.3 Å². The Hall–Kier alpha value is -0.650. The molecular formula is C6H4B2. The van der Waals surface area contributed by atoms with Gasteiger partial charge in [-0.3, -0.25) is 0 Å². The van der Waals surface area contributed by atoms with Crippen molar-refractivity contribution in [2.75, 3.05) is 0 Å². The highest BCUT2D eigenvalue weighted by atomic mass is 13.8. The second kappa shape index (κ2) is 2.08. The highest BCUT2D eigenvalue weighted by Gasteiger charge is 1.83. The molecule has 0 aromatic heterocycles. The van der Waals surface area contributed by atoms with Crippen LogP contribution >= 0.6 is 0 Å². The van der Waals surface area contributed by atoms with Crippen molar-refractivity contribution >= 4 is 26.6 Å². The largest absolute Gasteiger partial charge is 0.112 e. The van der Waals surface area contributed by atoms with E-state index in [-0.39, 0.29) is 0 Å². The van der Waals surface area contributed by atoms with Crippen molar-refractivity contribution in [1.82, 2.24) is 0 Å². The maximum absolute atomic E-state index is 5.39. The summed E-state index contributed by atoms with van der Waals surface area (Å²) in [5.74, 6) is 0.